The lowest BCUT2D eigenvalue weighted by Gasteiger charge is -2.43. The van der Waals surface area contributed by atoms with Crippen LogP contribution in [0.3, 0.4) is 0 Å². The van der Waals surface area contributed by atoms with Gasteiger partial charge in [-0.3, -0.25) is 4.79 Å². The number of halogens is 2. The van der Waals surface area contributed by atoms with Gasteiger partial charge in [-0.05, 0) is 63.6 Å². The van der Waals surface area contributed by atoms with Crippen molar-refractivity contribution in [2.45, 2.75) is 33.2 Å². The van der Waals surface area contributed by atoms with E-state index >= 15 is 0 Å². The number of nitrogens with one attached hydrogen (secondary N) is 1. The van der Waals surface area contributed by atoms with E-state index in [0.29, 0.717) is 15.6 Å². The molecule has 0 spiro atoms. The van der Waals surface area contributed by atoms with Crippen LogP contribution in [0.2, 0.25) is 10.0 Å². The first-order chi connectivity index (χ1) is 13.2. The van der Waals surface area contributed by atoms with Crippen molar-refractivity contribution in [1.82, 2.24) is 5.43 Å². The summed E-state index contributed by atoms with van der Waals surface area (Å²) in [6.45, 7) is 9.50. The Kier molecular flexibility index (Phi) is 5.82. The topological polar surface area (TPSA) is 44.7 Å². The molecule has 0 bridgehead atoms. The van der Waals surface area contributed by atoms with Gasteiger partial charge >= 0.3 is 0 Å². The minimum atomic E-state index is -0.331. The summed E-state index contributed by atoms with van der Waals surface area (Å²) in [6.07, 6.45) is 3.82. The third-order valence-corrected chi connectivity index (χ3v) is 5.43. The highest BCUT2D eigenvalue weighted by atomic mass is 35.5. The van der Waals surface area contributed by atoms with Crippen LogP contribution in [0.25, 0.3) is 5.57 Å². The molecule has 0 saturated carbocycles. The van der Waals surface area contributed by atoms with Gasteiger partial charge in [0.05, 0.1) is 16.8 Å². The first kappa shape index (κ1) is 20.4. The number of benzene rings is 2. The van der Waals surface area contributed by atoms with Crippen molar-refractivity contribution in [3.8, 4) is 0 Å². The monoisotopic (exact) mass is 415 g/mol. The molecular weight excluding hydrogens is 393 g/mol. The molecule has 3 rings (SSSR count). The maximum atomic E-state index is 12.2. The van der Waals surface area contributed by atoms with Crippen molar-refractivity contribution in [3.63, 3.8) is 0 Å². The zero-order valence-corrected chi connectivity index (χ0v) is 17.9. The highest BCUT2D eigenvalue weighted by Crippen LogP contribution is 2.40. The molecular formula is C22H23Cl2N3O. The van der Waals surface area contributed by atoms with Crippen LogP contribution < -0.4 is 10.3 Å². The Labute approximate surface area is 175 Å². The summed E-state index contributed by atoms with van der Waals surface area (Å²) in [6, 6.07) is 10.7. The average molecular weight is 416 g/mol. The van der Waals surface area contributed by atoms with Crippen LogP contribution in [0, 0.1) is 0 Å². The number of rotatable bonds is 4. The van der Waals surface area contributed by atoms with E-state index in [1.54, 1.807) is 30.5 Å². The minimum Gasteiger partial charge on any atom is -0.363 e. The standard InChI is InChI=1S/C22H23Cl2N3O/c1-5-27-20-11-19(24)16(10-18(20)14(2)12-22(27,3)4)13-25-26-21(28)15-7-6-8-17(23)9-15/h6-13H,5H2,1-4H3,(H,26,28)/b25-13-. The number of carbonyl (C=O) groups excluding carboxylic acids is 1. The van der Waals surface area contributed by atoms with Gasteiger partial charge in [0.2, 0.25) is 0 Å². The van der Waals surface area contributed by atoms with Crippen molar-refractivity contribution in [2.24, 2.45) is 5.10 Å². The predicted octanol–water partition coefficient (Wildman–Crippen LogP) is 5.78. The summed E-state index contributed by atoms with van der Waals surface area (Å²) in [5, 5.41) is 5.15. The van der Waals surface area contributed by atoms with E-state index in [0.717, 1.165) is 23.4 Å². The molecule has 0 aromatic heterocycles. The molecule has 4 nitrogen and oxygen atoms in total. The second-order valence-electron chi connectivity index (χ2n) is 7.33. The number of fused-ring (bicyclic) bond motifs is 1. The molecule has 1 amide bonds. The summed E-state index contributed by atoms with van der Waals surface area (Å²) < 4.78 is 0. The van der Waals surface area contributed by atoms with Gasteiger partial charge in [0, 0.05) is 33.9 Å². The van der Waals surface area contributed by atoms with Gasteiger partial charge < -0.3 is 4.90 Å². The van der Waals surface area contributed by atoms with Gasteiger partial charge in [-0.15, -0.1) is 0 Å². The number of likely N-dealkylation sites (N-methyl/N-ethyl adjacent to an activating group) is 1. The van der Waals surface area contributed by atoms with Crippen LogP contribution in [0.1, 0.15) is 49.2 Å². The van der Waals surface area contributed by atoms with Crippen LogP contribution in [0.15, 0.2) is 47.6 Å². The van der Waals surface area contributed by atoms with E-state index < -0.39 is 0 Å². The molecule has 1 heterocycles. The van der Waals surface area contributed by atoms with E-state index in [2.05, 4.69) is 49.2 Å². The smallest absolute Gasteiger partial charge is 0.271 e. The number of allylic oxidation sites excluding steroid dienone is 1. The number of hydrogen-bond donors (Lipinski definition) is 1. The van der Waals surface area contributed by atoms with Crippen LogP contribution in [0.4, 0.5) is 5.69 Å². The van der Waals surface area contributed by atoms with Gasteiger partial charge in [-0.2, -0.15) is 5.10 Å². The van der Waals surface area contributed by atoms with Crippen molar-refractivity contribution in [3.05, 3.63) is 69.2 Å². The molecule has 146 valence electrons. The molecule has 1 N–H and O–H groups in total. The number of anilines is 1. The maximum absolute atomic E-state index is 12.2. The Balaban J connectivity index is 1.85. The predicted molar refractivity (Wildman–Crippen MR) is 119 cm³/mol. The zero-order chi connectivity index (χ0) is 20.5. The van der Waals surface area contributed by atoms with Crippen molar-refractivity contribution in [2.75, 3.05) is 11.4 Å². The van der Waals surface area contributed by atoms with Gasteiger partial charge in [-0.1, -0.05) is 35.3 Å². The Bertz CT molecular complexity index is 980. The fourth-order valence-corrected chi connectivity index (χ4v) is 4.04. The molecule has 6 heteroatoms. The Morgan fingerprint density at radius 1 is 1.25 bits per heavy atom. The van der Waals surface area contributed by atoms with Gasteiger partial charge in [0.15, 0.2) is 0 Å². The molecule has 1 aliphatic rings. The highest BCUT2D eigenvalue weighted by Gasteiger charge is 2.30. The molecule has 0 unspecified atom stereocenters. The minimum absolute atomic E-state index is 0.0737. The number of carbonyl (C=O) groups is 1. The second-order valence-corrected chi connectivity index (χ2v) is 8.17. The summed E-state index contributed by atoms with van der Waals surface area (Å²) in [7, 11) is 0. The van der Waals surface area contributed by atoms with Gasteiger partial charge in [0.1, 0.15) is 0 Å². The number of amides is 1. The van der Waals surface area contributed by atoms with Gasteiger partial charge in [-0.25, -0.2) is 5.43 Å². The molecule has 0 aliphatic carbocycles. The molecule has 1 aliphatic heterocycles. The quantitative estimate of drug-likeness (QED) is 0.507. The third kappa shape index (κ3) is 4.08. The lowest BCUT2D eigenvalue weighted by atomic mass is 9.88. The number of hydrogen-bond acceptors (Lipinski definition) is 3. The van der Waals surface area contributed by atoms with Crippen molar-refractivity contribution >= 4 is 46.6 Å². The van der Waals surface area contributed by atoms with E-state index in [-0.39, 0.29) is 11.4 Å². The fourth-order valence-electron chi connectivity index (χ4n) is 3.65. The Morgan fingerprint density at radius 2 is 2.00 bits per heavy atom. The molecule has 28 heavy (non-hydrogen) atoms. The fraction of sp³-hybridized carbons (Fsp3) is 0.273. The summed E-state index contributed by atoms with van der Waals surface area (Å²) in [5.74, 6) is -0.331. The van der Waals surface area contributed by atoms with Gasteiger partial charge in [0.25, 0.3) is 5.91 Å². The average Bonchev–Trinajstić information content (AvgIpc) is 2.62. The number of nitrogens with zero attached hydrogens (tertiary/aromatic N) is 2. The van der Waals surface area contributed by atoms with Crippen LogP contribution in [-0.2, 0) is 0 Å². The van der Waals surface area contributed by atoms with Crippen molar-refractivity contribution < 1.29 is 4.79 Å². The zero-order valence-electron chi connectivity index (χ0n) is 16.4. The molecule has 2 aromatic rings. The van der Waals surface area contributed by atoms with E-state index in [4.69, 9.17) is 23.2 Å². The maximum Gasteiger partial charge on any atom is 0.271 e. The first-order valence-corrected chi connectivity index (χ1v) is 9.88. The molecule has 0 fully saturated rings. The largest absolute Gasteiger partial charge is 0.363 e. The number of hydrazone groups is 1. The Hall–Kier alpha value is -2.30. The highest BCUT2D eigenvalue weighted by molar-refractivity contribution is 6.33. The second kappa shape index (κ2) is 7.98. The molecule has 0 atom stereocenters. The summed E-state index contributed by atoms with van der Waals surface area (Å²) in [4.78, 5) is 14.5. The lowest BCUT2D eigenvalue weighted by Crippen LogP contribution is -2.44. The van der Waals surface area contributed by atoms with Crippen LogP contribution in [0.5, 0.6) is 0 Å². The van der Waals surface area contributed by atoms with E-state index in [1.807, 2.05) is 12.1 Å². The summed E-state index contributed by atoms with van der Waals surface area (Å²) in [5.41, 5.74) is 7.05. The third-order valence-electron chi connectivity index (χ3n) is 4.87. The van der Waals surface area contributed by atoms with E-state index in [1.165, 1.54) is 5.57 Å². The molecule has 0 saturated heterocycles. The van der Waals surface area contributed by atoms with Crippen LogP contribution in [-0.4, -0.2) is 24.2 Å². The normalized spacial score (nSPS) is 15.4. The SMILES string of the molecule is CCN1c2cc(Cl)c(/C=N\NC(=O)c3cccc(Cl)c3)cc2C(C)=CC1(C)C. The van der Waals surface area contributed by atoms with Crippen molar-refractivity contribution in [1.29, 1.82) is 0 Å². The first-order valence-electron chi connectivity index (χ1n) is 9.13. The van der Waals surface area contributed by atoms with Crippen LogP contribution >= 0.6 is 23.2 Å². The molecule has 2 aromatic carbocycles. The Morgan fingerprint density at radius 3 is 2.68 bits per heavy atom. The van der Waals surface area contributed by atoms with E-state index in [9.17, 15) is 4.79 Å². The summed E-state index contributed by atoms with van der Waals surface area (Å²) >= 11 is 12.4. The lowest BCUT2D eigenvalue weighted by molar-refractivity contribution is 0.0955. The molecule has 0 radical (unpaired) electrons.